The lowest BCUT2D eigenvalue weighted by atomic mass is 9.96. The topological polar surface area (TPSA) is 65.9 Å². The Morgan fingerprint density at radius 3 is 2.54 bits per heavy atom. The molecule has 0 spiro atoms. The summed E-state index contributed by atoms with van der Waals surface area (Å²) in [5, 5.41) is 6.23. The molecule has 1 aromatic carbocycles. The first-order chi connectivity index (χ1) is 13.4. The van der Waals surface area contributed by atoms with Crippen molar-refractivity contribution in [1.29, 1.82) is 0 Å². The van der Waals surface area contributed by atoms with E-state index in [1.165, 1.54) is 16.9 Å². The monoisotopic (exact) mass is 407 g/mol. The Labute approximate surface area is 172 Å². The van der Waals surface area contributed by atoms with Gasteiger partial charge < -0.3 is 15.1 Å². The van der Waals surface area contributed by atoms with Crippen molar-refractivity contribution in [3.05, 3.63) is 28.8 Å². The number of benzene rings is 1. The van der Waals surface area contributed by atoms with Crippen molar-refractivity contribution in [2.75, 3.05) is 31.1 Å². The molecule has 28 heavy (non-hydrogen) atoms. The number of anilines is 1. The van der Waals surface area contributed by atoms with E-state index in [-0.39, 0.29) is 24.0 Å². The van der Waals surface area contributed by atoms with Crippen LogP contribution in [0.3, 0.4) is 0 Å². The molecule has 1 aliphatic heterocycles. The van der Waals surface area contributed by atoms with Gasteiger partial charge in [-0.2, -0.15) is 0 Å². The van der Waals surface area contributed by atoms with Crippen LogP contribution in [-0.2, 0) is 4.79 Å². The van der Waals surface area contributed by atoms with Gasteiger partial charge in [-0.3, -0.25) is 10.1 Å². The van der Waals surface area contributed by atoms with Crippen molar-refractivity contribution < 1.29 is 14.5 Å². The number of piperazine rings is 1. The highest BCUT2D eigenvalue weighted by atomic mass is 35.5. The van der Waals surface area contributed by atoms with Crippen LogP contribution in [0.1, 0.15) is 44.6 Å². The van der Waals surface area contributed by atoms with Crippen molar-refractivity contribution in [1.82, 2.24) is 10.6 Å². The van der Waals surface area contributed by atoms with Crippen LogP contribution in [-0.4, -0.2) is 50.2 Å². The van der Waals surface area contributed by atoms with E-state index in [2.05, 4.69) is 22.5 Å². The second-order valence-electron chi connectivity index (χ2n) is 8.10. The first-order valence-electron chi connectivity index (χ1n) is 10.4. The van der Waals surface area contributed by atoms with E-state index < -0.39 is 0 Å². The van der Waals surface area contributed by atoms with Gasteiger partial charge in [0.2, 0.25) is 0 Å². The molecule has 0 radical (unpaired) electrons. The Morgan fingerprint density at radius 1 is 1.18 bits per heavy atom. The summed E-state index contributed by atoms with van der Waals surface area (Å²) >= 11 is 6.15. The number of hydrogen-bond acceptors (Lipinski definition) is 3. The van der Waals surface area contributed by atoms with Crippen LogP contribution in [0.15, 0.2) is 18.2 Å². The minimum Gasteiger partial charge on any atom is -0.360 e. The second-order valence-corrected chi connectivity index (χ2v) is 8.53. The molecule has 6 nitrogen and oxygen atoms in total. The summed E-state index contributed by atoms with van der Waals surface area (Å²) in [4.78, 5) is 28.2. The molecule has 7 heteroatoms. The van der Waals surface area contributed by atoms with E-state index in [9.17, 15) is 9.59 Å². The number of halogens is 1. The summed E-state index contributed by atoms with van der Waals surface area (Å²) in [6.07, 6.45) is 5.55. The van der Waals surface area contributed by atoms with E-state index in [4.69, 9.17) is 11.6 Å². The van der Waals surface area contributed by atoms with Crippen molar-refractivity contribution in [3.63, 3.8) is 0 Å². The minimum atomic E-state index is -0.351. The molecular formula is C21H32ClN4O2+. The zero-order chi connectivity index (χ0) is 20.1. The first-order valence-corrected chi connectivity index (χ1v) is 10.8. The Morgan fingerprint density at radius 2 is 1.86 bits per heavy atom. The quantitative estimate of drug-likeness (QED) is 0.714. The third-order valence-corrected chi connectivity index (χ3v) is 6.34. The number of nitrogens with one attached hydrogen (secondary N) is 3. The molecule has 0 unspecified atom stereocenters. The lowest BCUT2D eigenvalue weighted by Crippen LogP contribution is -3.19. The highest BCUT2D eigenvalue weighted by molar-refractivity contribution is 6.30. The normalized spacial score (nSPS) is 19.9. The van der Waals surface area contributed by atoms with Crippen molar-refractivity contribution in [2.24, 2.45) is 0 Å². The molecule has 1 aromatic rings. The maximum Gasteiger partial charge on any atom is 0.321 e. The van der Waals surface area contributed by atoms with Crippen LogP contribution < -0.4 is 20.4 Å². The number of quaternary nitrogens is 1. The van der Waals surface area contributed by atoms with Crippen LogP contribution in [0.5, 0.6) is 0 Å². The summed E-state index contributed by atoms with van der Waals surface area (Å²) in [6.45, 7) is 7.42. The summed E-state index contributed by atoms with van der Waals surface area (Å²) in [6, 6.07) is 5.56. The summed E-state index contributed by atoms with van der Waals surface area (Å²) in [5.41, 5.74) is 2.37. The van der Waals surface area contributed by atoms with Gasteiger partial charge in [0.05, 0.1) is 26.2 Å². The molecule has 1 aliphatic carbocycles. The van der Waals surface area contributed by atoms with Gasteiger partial charge in [-0.1, -0.05) is 36.9 Å². The molecule has 2 fully saturated rings. The van der Waals surface area contributed by atoms with E-state index in [0.717, 1.165) is 62.6 Å². The molecule has 1 saturated carbocycles. The largest absolute Gasteiger partial charge is 0.360 e. The van der Waals surface area contributed by atoms with Gasteiger partial charge in [0.15, 0.2) is 6.04 Å². The summed E-state index contributed by atoms with van der Waals surface area (Å²) in [5.74, 6) is -0.198. The van der Waals surface area contributed by atoms with Crippen molar-refractivity contribution in [3.8, 4) is 0 Å². The average Bonchev–Trinajstić information content (AvgIpc) is 2.70. The molecule has 3 N–H and O–H groups in total. The van der Waals surface area contributed by atoms with Crippen LogP contribution in [0, 0.1) is 6.92 Å². The van der Waals surface area contributed by atoms with E-state index in [1.54, 1.807) is 0 Å². The smallest absolute Gasteiger partial charge is 0.321 e. The Kier molecular flexibility index (Phi) is 7.18. The number of rotatable bonds is 4. The predicted molar refractivity (Wildman–Crippen MR) is 112 cm³/mol. The Bertz CT molecular complexity index is 698. The number of nitrogens with zero attached hydrogens (tertiary/aromatic N) is 1. The molecule has 3 rings (SSSR count). The van der Waals surface area contributed by atoms with Gasteiger partial charge in [-0.25, -0.2) is 4.79 Å². The highest BCUT2D eigenvalue weighted by Gasteiger charge is 2.31. The molecule has 2 aliphatic rings. The number of aryl methyl sites for hydroxylation is 1. The number of carbonyl (C=O) groups is 2. The minimum absolute atomic E-state index is 0.198. The predicted octanol–water partition coefficient (Wildman–Crippen LogP) is 1.90. The van der Waals surface area contributed by atoms with Gasteiger partial charge in [0, 0.05) is 16.8 Å². The molecule has 0 aromatic heterocycles. The lowest BCUT2D eigenvalue weighted by molar-refractivity contribution is -0.914. The van der Waals surface area contributed by atoms with Gasteiger partial charge in [-0.15, -0.1) is 0 Å². The zero-order valence-electron chi connectivity index (χ0n) is 16.9. The third-order valence-electron chi connectivity index (χ3n) is 6.10. The first kappa shape index (κ1) is 20.9. The lowest BCUT2D eigenvalue weighted by Gasteiger charge is -2.36. The fourth-order valence-corrected chi connectivity index (χ4v) is 4.43. The van der Waals surface area contributed by atoms with Gasteiger partial charge >= 0.3 is 6.03 Å². The maximum absolute atomic E-state index is 12.5. The number of amides is 3. The maximum atomic E-state index is 12.5. The number of imide groups is 1. The fourth-order valence-electron chi connectivity index (χ4n) is 4.27. The highest BCUT2D eigenvalue weighted by Crippen LogP contribution is 2.24. The zero-order valence-corrected chi connectivity index (χ0v) is 17.6. The van der Waals surface area contributed by atoms with Gasteiger partial charge in [-0.05, 0) is 44.4 Å². The number of hydrogen-bond donors (Lipinski definition) is 3. The van der Waals surface area contributed by atoms with Crippen LogP contribution in [0.4, 0.5) is 10.5 Å². The van der Waals surface area contributed by atoms with E-state index >= 15 is 0 Å². The van der Waals surface area contributed by atoms with E-state index in [0.29, 0.717) is 0 Å². The van der Waals surface area contributed by atoms with Crippen LogP contribution in [0.25, 0.3) is 0 Å². The van der Waals surface area contributed by atoms with Gasteiger partial charge in [0.1, 0.15) is 0 Å². The molecule has 3 amide bonds. The molecule has 1 atom stereocenters. The molecule has 0 bridgehead atoms. The summed E-state index contributed by atoms with van der Waals surface area (Å²) in [7, 11) is 0. The van der Waals surface area contributed by atoms with E-state index in [1.807, 2.05) is 25.1 Å². The van der Waals surface area contributed by atoms with Crippen molar-refractivity contribution in [2.45, 2.75) is 58.0 Å². The fraction of sp³-hybridized carbons (Fsp3) is 0.619. The standard InChI is InChI=1S/C21H31ClN4O2/c1-15-8-9-17(22)14-19(15)26-12-10-25(11-13-26)16(2)20(27)24-21(28)23-18-6-4-3-5-7-18/h8-9,14,16,18H,3-7,10-13H2,1-2H3,(H2,23,24,27,28)/p+1/t16-/m1/s1. The second kappa shape index (κ2) is 9.61. The Balaban J connectivity index is 1.47. The number of urea groups is 1. The summed E-state index contributed by atoms with van der Waals surface area (Å²) < 4.78 is 0. The molecule has 154 valence electrons. The third kappa shape index (κ3) is 5.39. The molecule has 1 saturated heterocycles. The SMILES string of the molecule is Cc1ccc(Cl)cc1N1CC[NH+]([C@H](C)C(=O)NC(=O)NC2CCCCC2)CC1. The van der Waals surface area contributed by atoms with Crippen molar-refractivity contribution >= 4 is 29.2 Å². The van der Waals surface area contributed by atoms with Crippen LogP contribution in [0.2, 0.25) is 5.02 Å². The molecular weight excluding hydrogens is 376 g/mol. The average molecular weight is 408 g/mol. The molecule has 1 heterocycles. The van der Waals surface area contributed by atoms with Crippen LogP contribution >= 0.6 is 11.6 Å². The number of carbonyl (C=O) groups excluding carboxylic acids is 2. The Hall–Kier alpha value is -1.79. The van der Waals surface area contributed by atoms with Gasteiger partial charge in [0.25, 0.3) is 5.91 Å².